The van der Waals surface area contributed by atoms with Gasteiger partial charge in [0.2, 0.25) is 0 Å². The normalized spacial score (nSPS) is 13.9. The lowest BCUT2D eigenvalue weighted by Gasteiger charge is -2.13. The maximum atomic E-state index is 5.34. The lowest BCUT2D eigenvalue weighted by atomic mass is 9.98. The number of hydrogen-bond donors (Lipinski definition) is 1. The minimum absolute atomic E-state index is 0.814. The fourth-order valence-electron chi connectivity index (χ4n) is 2.92. The Hall–Kier alpha value is -2.62. The van der Waals surface area contributed by atoms with Crippen LogP contribution in [-0.4, -0.2) is 29.3 Å². The third-order valence-corrected chi connectivity index (χ3v) is 3.94. The van der Waals surface area contributed by atoms with E-state index < -0.39 is 0 Å². The maximum absolute atomic E-state index is 5.34. The zero-order valence-corrected chi connectivity index (χ0v) is 11.8. The van der Waals surface area contributed by atoms with E-state index >= 15 is 0 Å². The molecule has 1 aliphatic rings. The summed E-state index contributed by atoms with van der Waals surface area (Å²) in [5, 5.41) is 1.23. The minimum Gasteiger partial charge on any atom is -0.497 e. The van der Waals surface area contributed by atoms with E-state index in [1.165, 1.54) is 10.9 Å². The predicted octanol–water partition coefficient (Wildman–Crippen LogP) is 2.97. The molecule has 4 heteroatoms. The van der Waals surface area contributed by atoms with Gasteiger partial charge in [-0.15, -0.1) is 0 Å². The van der Waals surface area contributed by atoms with Gasteiger partial charge in [-0.25, -0.2) is 0 Å². The molecule has 0 fully saturated rings. The van der Waals surface area contributed by atoms with Crippen LogP contribution < -0.4 is 4.74 Å². The first kappa shape index (κ1) is 12.1. The first-order valence-electron chi connectivity index (χ1n) is 7.00. The third-order valence-electron chi connectivity index (χ3n) is 3.94. The van der Waals surface area contributed by atoms with Crippen LogP contribution in [0.1, 0.15) is 16.8 Å². The van der Waals surface area contributed by atoms with E-state index in [2.05, 4.69) is 22.1 Å². The molecule has 4 rings (SSSR count). The second kappa shape index (κ2) is 4.74. The van der Waals surface area contributed by atoms with E-state index in [1.54, 1.807) is 19.5 Å². The molecule has 0 unspecified atom stereocenters. The summed E-state index contributed by atoms with van der Waals surface area (Å²) in [5.74, 6) is 0.886. The molecule has 3 heterocycles. The van der Waals surface area contributed by atoms with Gasteiger partial charge >= 0.3 is 0 Å². The van der Waals surface area contributed by atoms with Crippen LogP contribution in [-0.2, 0) is 6.42 Å². The summed E-state index contributed by atoms with van der Waals surface area (Å²) in [6.45, 7) is 0.814. The second-order valence-electron chi connectivity index (χ2n) is 5.11. The average Bonchev–Trinajstić information content (AvgIpc) is 2.93. The number of ether oxygens (including phenoxy) is 1. The number of hydrogen-bond acceptors (Lipinski definition) is 3. The van der Waals surface area contributed by atoms with Gasteiger partial charge < -0.3 is 9.72 Å². The van der Waals surface area contributed by atoms with Gasteiger partial charge in [0, 0.05) is 35.4 Å². The fraction of sp³-hybridized carbons (Fsp3) is 0.176. The summed E-state index contributed by atoms with van der Waals surface area (Å²) in [6.07, 6.45) is 4.56. The monoisotopic (exact) mass is 277 g/mol. The molecule has 21 heavy (non-hydrogen) atoms. The van der Waals surface area contributed by atoms with Crippen LogP contribution in [0.15, 0.2) is 47.7 Å². The Morgan fingerprint density at radius 3 is 2.81 bits per heavy atom. The quantitative estimate of drug-likeness (QED) is 0.783. The first-order valence-corrected chi connectivity index (χ1v) is 7.00. The smallest absolute Gasteiger partial charge is 0.119 e. The Morgan fingerprint density at radius 2 is 2.00 bits per heavy atom. The van der Waals surface area contributed by atoms with Gasteiger partial charge in [0.05, 0.1) is 18.5 Å². The van der Waals surface area contributed by atoms with E-state index in [1.807, 2.05) is 18.2 Å². The molecule has 104 valence electrons. The van der Waals surface area contributed by atoms with Crippen LogP contribution in [0.3, 0.4) is 0 Å². The standard InChI is InChI=1S/C17H15N3O/c1-21-12-2-3-15-14(10-12)13-6-9-19-16(17(13)20-15)11-4-7-18-8-5-11/h2-5,7-8,10,20H,6,9H2,1H3. The number of methoxy groups -OCH3 is 1. The largest absolute Gasteiger partial charge is 0.497 e. The van der Waals surface area contributed by atoms with Crippen LogP contribution >= 0.6 is 0 Å². The molecule has 0 saturated heterocycles. The van der Waals surface area contributed by atoms with Gasteiger partial charge in [0.1, 0.15) is 5.75 Å². The summed E-state index contributed by atoms with van der Waals surface area (Å²) in [4.78, 5) is 12.3. The number of fused-ring (bicyclic) bond motifs is 3. The number of aromatic nitrogens is 2. The van der Waals surface area contributed by atoms with Gasteiger partial charge in [-0.05, 0) is 42.3 Å². The minimum atomic E-state index is 0.814. The zero-order chi connectivity index (χ0) is 14.2. The van der Waals surface area contributed by atoms with Crippen molar-refractivity contribution in [1.82, 2.24) is 9.97 Å². The molecule has 0 aliphatic carbocycles. The van der Waals surface area contributed by atoms with Crippen molar-refractivity contribution >= 4 is 16.6 Å². The number of benzene rings is 1. The predicted molar refractivity (Wildman–Crippen MR) is 83.3 cm³/mol. The number of rotatable bonds is 2. The van der Waals surface area contributed by atoms with Gasteiger partial charge in [0.25, 0.3) is 0 Å². The molecule has 0 bridgehead atoms. The Balaban J connectivity index is 1.92. The van der Waals surface area contributed by atoms with Crippen molar-refractivity contribution < 1.29 is 4.74 Å². The molecule has 3 aromatic rings. The van der Waals surface area contributed by atoms with E-state index in [9.17, 15) is 0 Å². The number of H-pyrrole nitrogens is 1. The van der Waals surface area contributed by atoms with Crippen LogP contribution in [0, 0.1) is 0 Å². The van der Waals surface area contributed by atoms with Gasteiger partial charge in [0.15, 0.2) is 0 Å². The summed E-state index contributed by atoms with van der Waals surface area (Å²) >= 11 is 0. The maximum Gasteiger partial charge on any atom is 0.119 e. The first-order chi connectivity index (χ1) is 10.4. The lowest BCUT2D eigenvalue weighted by molar-refractivity contribution is 0.415. The van der Waals surface area contributed by atoms with E-state index in [0.717, 1.165) is 41.2 Å². The highest BCUT2D eigenvalue weighted by atomic mass is 16.5. The van der Waals surface area contributed by atoms with Crippen molar-refractivity contribution in [2.45, 2.75) is 6.42 Å². The van der Waals surface area contributed by atoms with Crippen molar-refractivity contribution in [3.8, 4) is 5.75 Å². The van der Waals surface area contributed by atoms with Crippen molar-refractivity contribution in [3.63, 3.8) is 0 Å². The van der Waals surface area contributed by atoms with Gasteiger partial charge in [-0.2, -0.15) is 0 Å². The third kappa shape index (κ3) is 1.91. The SMILES string of the molecule is COc1ccc2[nH]c3c(c2c1)CCN=C3c1ccncc1. The van der Waals surface area contributed by atoms with Gasteiger partial charge in [-0.3, -0.25) is 9.98 Å². The van der Waals surface area contributed by atoms with Crippen molar-refractivity contribution in [2.24, 2.45) is 4.99 Å². The fourth-order valence-corrected chi connectivity index (χ4v) is 2.92. The van der Waals surface area contributed by atoms with Crippen LogP contribution in [0.5, 0.6) is 5.75 Å². The van der Waals surface area contributed by atoms with E-state index in [4.69, 9.17) is 9.73 Å². The summed E-state index contributed by atoms with van der Waals surface area (Å²) in [5.41, 5.74) is 5.70. The highest BCUT2D eigenvalue weighted by Crippen LogP contribution is 2.30. The van der Waals surface area contributed by atoms with Gasteiger partial charge in [-0.1, -0.05) is 0 Å². The van der Waals surface area contributed by atoms with E-state index in [0.29, 0.717) is 0 Å². The summed E-state index contributed by atoms with van der Waals surface area (Å²) in [6, 6.07) is 10.1. The number of nitrogens with zero attached hydrogens (tertiary/aromatic N) is 2. The molecule has 4 nitrogen and oxygen atoms in total. The molecule has 0 amide bonds. The Labute approximate surface area is 122 Å². The summed E-state index contributed by atoms with van der Waals surface area (Å²) < 4.78 is 5.34. The number of pyridine rings is 1. The van der Waals surface area contributed by atoms with Crippen LogP contribution in [0.25, 0.3) is 10.9 Å². The molecule has 1 aromatic carbocycles. The Morgan fingerprint density at radius 1 is 1.14 bits per heavy atom. The van der Waals surface area contributed by atoms with E-state index in [-0.39, 0.29) is 0 Å². The van der Waals surface area contributed by atoms with Crippen LogP contribution in [0.4, 0.5) is 0 Å². The lowest BCUT2D eigenvalue weighted by Crippen LogP contribution is -2.13. The number of nitrogens with one attached hydrogen (secondary N) is 1. The van der Waals surface area contributed by atoms with Crippen molar-refractivity contribution in [1.29, 1.82) is 0 Å². The molecule has 1 N–H and O–H groups in total. The topological polar surface area (TPSA) is 50.3 Å². The molecule has 1 aliphatic heterocycles. The van der Waals surface area contributed by atoms with Crippen molar-refractivity contribution in [2.75, 3.05) is 13.7 Å². The zero-order valence-electron chi connectivity index (χ0n) is 11.8. The highest BCUT2D eigenvalue weighted by Gasteiger charge is 2.20. The Bertz CT molecular complexity index is 834. The van der Waals surface area contributed by atoms with Crippen molar-refractivity contribution in [3.05, 3.63) is 59.5 Å². The molecular formula is C17H15N3O. The summed E-state index contributed by atoms with van der Waals surface area (Å²) in [7, 11) is 1.70. The highest BCUT2D eigenvalue weighted by molar-refractivity contribution is 6.15. The number of aromatic amines is 1. The average molecular weight is 277 g/mol. The second-order valence-corrected chi connectivity index (χ2v) is 5.11. The number of aliphatic imine (C=N–C) groups is 1. The molecule has 0 saturated carbocycles. The molecule has 0 atom stereocenters. The molecular weight excluding hydrogens is 262 g/mol. The molecule has 0 radical (unpaired) electrons. The Kier molecular flexibility index (Phi) is 2.74. The molecule has 0 spiro atoms. The van der Waals surface area contributed by atoms with Crippen LogP contribution in [0.2, 0.25) is 0 Å². The molecule has 2 aromatic heterocycles.